The zero-order valence-corrected chi connectivity index (χ0v) is 20.1. The highest BCUT2D eigenvalue weighted by atomic mass is 31.2. The average Bonchev–Trinajstić information content (AvgIpc) is 2.79. The fourth-order valence-corrected chi connectivity index (χ4v) is 8.15. The Morgan fingerprint density at radius 3 is 1.87 bits per heavy atom. The first kappa shape index (κ1) is 23.6. The molecule has 0 aliphatic carbocycles. The van der Waals surface area contributed by atoms with Gasteiger partial charge in [-0.15, -0.1) is 0 Å². The van der Waals surface area contributed by atoms with Crippen molar-refractivity contribution < 1.29 is 18.5 Å². The summed E-state index contributed by atoms with van der Waals surface area (Å²) in [6, 6.07) is 31.5. The largest absolute Gasteiger partial charge is 0.472 e. The molecule has 0 saturated carbocycles. The molecule has 0 aliphatic heterocycles. The lowest BCUT2D eigenvalue weighted by Crippen LogP contribution is -2.56. The predicted octanol–water partition coefficient (Wildman–Crippen LogP) is 5.03. The van der Waals surface area contributed by atoms with Gasteiger partial charge in [0.25, 0.3) is 0 Å². The number of phosphoric ester groups is 1. The van der Waals surface area contributed by atoms with E-state index in [-0.39, 0.29) is 12.7 Å². The molecule has 4 nitrogen and oxygen atoms in total. The van der Waals surface area contributed by atoms with Gasteiger partial charge in [-0.05, 0) is 31.4 Å². The molecule has 0 spiro atoms. The summed E-state index contributed by atoms with van der Waals surface area (Å²) in [7, 11) is -6.23. The van der Waals surface area contributed by atoms with Gasteiger partial charge in [-0.2, -0.15) is 0 Å². The highest BCUT2D eigenvalue weighted by Gasteiger charge is 2.33. The molecule has 0 heterocycles. The Morgan fingerprint density at radius 2 is 1.35 bits per heavy atom. The van der Waals surface area contributed by atoms with Crippen LogP contribution in [0.5, 0.6) is 0 Å². The number of phosphoric acid groups is 1. The van der Waals surface area contributed by atoms with Gasteiger partial charge in [0.2, 0.25) is 0 Å². The molecule has 2 unspecified atom stereocenters. The van der Waals surface area contributed by atoms with Crippen LogP contribution in [0.1, 0.15) is 18.9 Å². The zero-order chi connectivity index (χ0) is 22.2. The third-order valence-corrected chi connectivity index (χ3v) is 11.2. The molecule has 164 valence electrons. The molecule has 2 atom stereocenters. The quantitative estimate of drug-likeness (QED) is 0.326. The van der Waals surface area contributed by atoms with E-state index in [9.17, 15) is 9.46 Å². The van der Waals surface area contributed by atoms with Gasteiger partial charge in [0.05, 0.1) is 12.7 Å². The third kappa shape index (κ3) is 6.99. The van der Waals surface area contributed by atoms with E-state index in [2.05, 4.69) is 30.8 Å². The highest BCUT2D eigenvalue weighted by molar-refractivity contribution is 7.47. The number of benzene rings is 3. The monoisotopic (exact) mass is 454 g/mol. The number of aryl methyl sites for hydroxylation is 1. The second-order valence-corrected chi connectivity index (χ2v) is 13.8. The van der Waals surface area contributed by atoms with Crippen LogP contribution in [0.15, 0.2) is 91.0 Å². The maximum absolute atomic E-state index is 12.5. The predicted molar refractivity (Wildman–Crippen MR) is 130 cm³/mol. The van der Waals surface area contributed by atoms with E-state index in [1.165, 1.54) is 15.9 Å². The summed E-state index contributed by atoms with van der Waals surface area (Å²) < 4.78 is 23.3. The van der Waals surface area contributed by atoms with Gasteiger partial charge in [0, 0.05) is 0 Å². The Balaban J connectivity index is 1.58. The smallest absolute Gasteiger partial charge is 0.302 e. The van der Waals surface area contributed by atoms with Crippen LogP contribution in [0.2, 0.25) is 12.6 Å². The Bertz CT molecular complexity index is 927. The van der Waals surface area contributed by atoms with E-state index < -0.39 is 15.9 Å². The standard InChI is InChI=1S/C25H31O4PSi/c1-22(18-19-23-12-6-3-7-13-23)29-30(26,27)28-20-21-31(2,24-14-8-4-9-15-24)25-16-10-5-11-17-25/h3-17,22H,18-21H2,1-2H3,(H,26,27). The first-order valence-corrected chi connectivity index (χ1v) is 14.9. The molecular weight excluding hydrogens is 423 g/mol. The van der Waals surface area contributed by atoms with E-state index in [0.29, 0.717) is 12.5 Å². The van der Waals surface area contributed by atoms with Crippen LogP contribution < -0.4 is 10.4 Å². The first-order chi connectivity index (χ1) is 14.9. The van der Waals surface area contributed by atoms with Gasteiger partial charge >= 0.3 is 7.82 Å². The molecular formula is C25H31O4PSi. The Labute approximate surface area is 186 Å². The lowest BCUT2D eigenvalue weighted by atomic mass is 10.1. The number of rotatable bonds is 11. The van der Waals surface area contributed by atoms with Crippen LogP contribution in [0.4, 0.5) is 0 Å². The van der Waals surface area contributed by atoms with Gasteiger partial charge < -0.3 is 4.89 Å². The van der Waals surface area contributed by atoms with Crippen molar-refractivity contribution in [3.63, 3.8) is 0 Å². The van der Waals surface area contributed by atoms with Gasteiger partial charge in [-0.3, -0.25) is 9.05 Å². The average molecular weight is 455 g/mol. The maximum atomic E-state index is 12.5. The Kier molecular flexibility index (Phi) is 8.41. The molecule has 0 saturated heterocycles. The van der Waals surface area contributed by atoms with Crippen LogP contribution in [0, 0.1) is 0 Å². The minimum atomic E-state index is -4.12. The van der Waals surface area contributed by atoms with Crippen LogP contribution in [-0.2, 0) is 20.0 Å². The summed E-state index contributed by atoms with van der Waals surface area (Å²) in [5, 5.41) is 2.55. The summed E-state index contributed by atoms with van der Waals surface area (Å²) in [4.78, 5) is 10.2. The van der Waals surface area contributed by atoms with Gasteiger partial charge in [-0.1, -0.05) is 108 Å². The van der Waals surface area contributed by atoms with Crippen molar-refractivity contribution in [3.05, 3.63) is 96.6 Å². The fraction of sp³-hybridized carbons (Fsp3) is 0.280. The molecule has 3 aromatic carbocycles. The normalized spacial score (nSPS) is 14.7. The summed E-state index contributed by atoms with van der Waals surface area (Å²) >= 11 is 0. The lowest BCUT2D eigenvalue weighted by Gasteiger charge is -2.29. The summed E-state index contributed by atoms with van der Waals surface area (Å²) in [6.45, 7) is 4.25. The van der Waals surface area contributed by atoms with Crippen molar-refractivity contribution in [2.45, 2.75) is 38.5 Å². The molecule has 0 aliphatic rings. The van der Waals surface area contributed by atoms with Crippen molar-refractivity contribution in [2.75, 3.05) is 6.61 Å². The minimum Gasteiger partial charge on any atom is -0.302 e. The first-order valence-electron chi connectivity index (χ1n) is 10.7. The van der Waals surface area contributed by atoms with Crippen LogP contribution >= 0.6 is 7.82 Å². The minimum absolute atomic E-state index is 0.172. The Morgan fingerprint density at radius 1 is 0.871 bits per heavy atom. The van der Waals surface area contributed by atoms with Crippen molar-refractivity contribution in [2.24, 2.45) is 0 Å². The molecule has 0 fully saturated rings. The topological polar surface area (TPSA) is 55.8 Å². The highest BCUT2D eigenvalue weighted by Crippen LogP contribution is 2.45. The SMILES string of the molecule is CC(CCc1ccccc1)OP(=O)(O)OCC[Si](C)(c1ccccc1)c1ccccc1. The van der Waals surface area contributed by atoms with E-state index in [0.717, 1.165) is 6.42 Å². The molecule has 31 heavy (non-hydrogen) atoms. The zero-order valence-electron chi connectivity index (χ0n) is 18.2. The molecule has 0 radical (unpaired) electrons. The van der Waals surface area contributed by atoms with Crippen LogP contribution in [0.25, 0.3) is 0 Å². The molecule has 0 aromatic heterocycles. The number of hydrogen-bond acceptors (Lipinski definition) is 3. The fourth-order valence-electron chi connectivity index (χ4n) is 3.76. The van der Waals surface area contributed by atoms with Gasteiger partial charge in [0.15, 0.2) is 0 Å². The van der Waals surface area contributed by atoms with Gasteiger partial charge in [-0.25, -0.2) is 4.57 Å². The summed E-state index contributed by atoms with van der Waals surface area (Å²) in [5.41, 5.74) is 1.18. The van der Waals surface area contributed by atoms with Gasteiger partial charge in [0.1, 0.15) is 8.07 Å². The van der Waals surface area contributed by atoms with E-state index in [1.54, 1.807) is 0 Å². The maximum Gasteiger partial charge on any atom is 0.472 e. The van der Waals surface area contributed by atoms with E-state index in [1.807, 2.05) is 73.7 Å². The second kappa shape index (κ2) is 11.0. The van der Waals surface area contributed by atoms with Crippen LogP contribution in [0.3, 0.4) is 0 Å². The van der Waals surface area contributed by atoms with Crippen molar-refractivity contribution in [1.82, 2.24) is 0 Å². The third-order valence-electron chi connectivity index (χ3n) is 5.67. The number of hydrogen-bond donors (Lipinski definition) is 1. The molecule has 3 aromatic rings. The Hall–Kier alpha value is -2.01. The van der Waals surface area contributed by atoms with Crippen molar-refractivity contribution in [1.29, 1.82) is 0 Å². The molecule has 1 N–H and O–H groups in total. The van der Waals surface area contributed by atoms with E-state index >= 15 is 0 Å². The summed E-state index contributed by atoms with van der Waals surface area (Å²) in [5.74, 6) is 0. The molecule has 6 heteroatoms. The lowest BCUT2D eigenvalue weighted by molar-refractivity contribution is 0.112. The second-order valence-electron chi connectivity index (χ2n) is 8.06. The molecule has 0 amide bonds. The van der Waals surface area contributed by atoms with Crippen LogP contribution in [-0.4, -0.2) is 25.7 Å². The van der Waals surface area contributed by atoms with E-state index in [4.69, 9.17) is 9.05 Å². The summed E-state index contributed by atoms with van der Waals surface area (Å²) in [6.07, 6.45) is 1.07. The van der Waals surface area contributed by atoms with Crippen molar-refractivity contribution in [3.8, 4) is 0 Å². The van der Waals surface area contributed by atoms with Crippen molar-refractivity contribution >= 4 is 26.3 Å². The molecule has 0 bridgehead atoms. The molecule has 3 rings (SSSR count).